The van der Waals surface area contributed by atoms with E-state index in [1.165, 1.54) is 0 Å². The largest absolute Gasteiger partial charge is 0.334 e. The lowest BCUT2D eigenvalue weighted by atomic mass is 10.2. The van der Waals surface area contributed by atoms with E-state index >= 15 is 0 Å². The summed E-state index contributed by atoms with van der Waals surface area (Å²) in [6, 6.07) is 8.16. The van der Waals surface area contributed by atoms with E-state index in [0.29, 0.717) is 0 Å². The van der Waals surface area contributed by atoms with Crippen LogP contribution in [0.15, 0.2) is 35.6 Å². The topological polar surface area (TPSA) is 41.6 Å². The average molecular weight is 227 g/mol. The van der Waals surface area contributed by atoms with Crippen molar-refractivity contribution in [2.24, 2.45) is 0 Å². The molecule has 0 atom stereocenters. The summed E-state index contributed by atoms with van der Waals surface area (Å²) in [5, 5.41) is 10.2. The summed E-state index contributed by atoms with van der Waals surface area (Å²) in [5.41, 5.74) is 2.96. The predicted octanol–water partition coefficient (Wildman–Crippen LogP) is 2.53. The van der Waals surface area contributed by atoms with Crippen LogP contribution in [0.5, 0.6) is 0 Å². The van der Waals surface area contributed by atoms with E-state index in [9.17, 15) is 0 Å². The zero-order chi connectivity index (χ0) is 11.0. The summed E-state index contributed by atoms with van der Waals surface area (Å²) in [6.07, 6.45) is 3.60. The van der Waals surface area contributed by atoms with Gasteiger partial charge in [-0.3, -0.25) is 4.98 Å². The van der Waals surface area contributed by atoms with E-state index in [2.05, 4.69) is 15.6 Å². The van der Waals surface area contributed by atoms with Gasteiger partial charge in [0.2, 0.25) is 0 Å². The highest BCUT2D eigenvalue weighted by Gasteiger charge is 2.20. The molecule has 3 heterocycles. The number of nitrogens with zero attached hydrogens (tertiary/aromatic N) is 3. The van der Waals surface area contributed by atoms with E-state index < -0.39 is 0 Å². The van der Waals surface area contributed by atoms with Gasteiger partial charge < -0.3 is 4.57 Å². The van der Waals surface area contributed by atoms with Gasteiger partial charge in [0.25, 0.3) is 0 Å². The maximum atomic E-state index is 9.07. The maximum Gasteiger partial charge on any atom is 0.102 e. The first-order valence-corrected chi connectivity index (χ1v) is 6.05. The molecule has 4 heteroatoms. The molecule has 1 aliphatic rings. The SMILES string of the molecule is N#Cc1cc(-c2cccnc2)n2c1SCC2. The first-order valence-electron chi connectivity index (χ1n) is 5.07. The van der Waals surface area contributed by atoms with Crippen LogP contribution < -0.4 is 0 Å². The molecule has 3 nitrogen and oxygen atoms in total. The van der Waals surface area contributed by atoms with Gasteiger partial charge in [0, 0.05) is 30.3 Å². The highest BCUT2D eigenvalue weighted by molar-refractivity contribution is 7.99. The van der Waals surface area contributed by atoms with Crippen molar-refractivity contribution >= 4 is 11.8 Å². The van der Waals surface area contributed by atoms with Crippen LogP contribution in [-0.4, -0.2) is 15.3 Å². The van der Waals surface area contributed by atoms with Crippen molar-refractivity contribution < 1.29 is 0 Å². The second kappa shape index (κ2) is 3.69. The minimum atomic E-state index is 0.779. The van der Waals surface area contributed by atoms with Crippen molar-refractivity contribution in [3.8, 4) is 17.3 Å². The Kier molecular flexibility index (Phi) is 2.19. The first kappa shape index (κ1) is 9.49. The fraction of sp³-hybridized carbons (Fsp3) is 0.167. The first-order chi connectivity index (χ1) is 7.90. The molecule has 0 bridgehead atoms. The molecule has 1 aliphatic heterocycles. The highest BCUT2D eigenvalue weighted by Crippen LogP contribution is 2.36. The molecular formula is C12H9N3S. The minimum absolute atomic E-state index is 0.779. The van der Waals surface area contributed by atoms with Crippen LogP contribution in [0.25, 0.3) is 11.3 Å². The molecule has 0 N–H and O–H groups in total. The Bertz CT molecular complexity index is 566. The molecule has 0 unspecified atom stereocenters. The quantitative estimate of drug-likeness (QED) is 0.751. The van der Waals surface area contributed by atoms with Gasteiger partial charge in [0.05, 0.1) is 16.3 Å². The number of fused-ring (bicyclic) bond motifs is 1. The van der Waals surface area contributed by atoms with Crippen molar-refractivity contribution in [1.82, 2.24) is 9.55 Å². The Morgan fingerprint density at radius 3 is 3.19 bits per heavy atom. The van der Waals surface area contributed by atoms with Gasteiger partial charge >= 0.3 is 0 Å². The number of aromatic nitrogens is 2. The van der Waals surface area contributed by atoms with Gasteiger partial charge in [-0.15, -0.1) is 11.8 Å². The smallest absolute Gasteiger partial charge is 0.102 e. The van der Waals surface area contributed by atoms with Crippen LogP contribution in [0.2, 0.25) is 0 Å². The summed E-state index contributed by atoms with van der Waals surface area (Å²) in [5.74, 6) is 1.05. The third-order valence-electron chi connectivity index (χ3n) is 2.68. The summed E-state index contributed by atoms with van der Waals surface area (Å²) >= 11 is 1.75. The minimum Gasteiger partial charge on any atom is -0.334 e. The molecule has 3 rings (SSSR count). The molecular weight excluding hydrogens is 218 g/mol. The monoisotopic (exact) mass is 227 g/mol. The van der Waals surface area contributed by atoms with Crippen LogP contribution in [0.4, 0.5) is 0 Å². The lowest BCUT2D eigenvalue weighted by Gasteiger charge is -2.03. The number of hydrogen-bond donors (Lipinski definition) is 0. The number of nitriles is 1. The molecule has 2 aromatic heterocycles. The predicted molar refractivity (Wildman–Crippen MR) is 63.1 cm³/mol. The zero-order valence-corrected chi connectivity index (χ0v) is 9.37. The van der Waals surface area contributed by atoms with Crippen molar-refractivity contribution in [2.75, 3.05) is 5.75 Å². The van der Waals surface area contributed by atoms with Crippen molar-refractivity contribution in [3.63, 3.8) is 0 Å². The Morgan fingerprint density at radius 1 is 1.50 bits per heavy atom. The van der Waals surface area contributed by atoms with Crippen molar-refractivity contribution in [3.05, 3.63) is 36.2 Å². The zero-order valence-electron chi connectivity index (χ0n) is 8.55. The highest BCUT2D eigenvalue weighted by atomic mass is 32.2. The standard InChI is InChI=1S/C12H9N3S/c13-7-10-6-11(9-2-1-3-14-8-9)15-4-5-16-12(10)15/h1-3,6,8H,4-5H2. The average Bonchev–Trinajstić information content (AvgIpc) is 2.91. The molecule has 0 spiro atoms. The number of hydrogen-bond acceptors (Lipinski definition) is 3. The summed E-state index contributed by atoms with van der Waals surface area (Å²) in [4.78, 5) is 4.12. The Balaban J connectivity index is 2.20. The van der Waals surface area contributed by atoms with Crippen LogP contribution in [-0.2, 0) is 6.54 Å². The van der Waals surface area contributed by atoms with Crippen LogP contribution in [0.1, 0.15) is 5.56 Å². The second-order valence-corrected chi connectivity index (χ2v) is 4.69. The number of pyridine rings is 1. The summed E-state index contributed by atoms with van der Waals surface area (Å²) in [6.45, 7) is 0.978. The van der Waals surface area contributed by atoms with E-state index in [4.69, 9.17) is 5.26 Å². The summed E-state index contributed by atoms with van der Waals surface area (Å²) < 4.78 is 2.21. The van der Waals surface area contributed by atoms with Gasteiger partial charge in [0.1, 0.15) is 6.07 Å². The van der Waals surface area contributed by atoms with Gasteiger partial charge in [-0.1, -0.05) is 0 Å². The molecule has 0 fully saturated rings. The lowest BCUT2D eigenvalue weighted by molar-refractivity contribution is 0.747. The molecule has 16 heavy (non-hydrogen) atoms. The third-order valence-corrected chi connectivity index (χ3v) is 3.78. The van der Waals surface area contributed by atoms with E-state index in [0.717, 1.165) is 34.1 Å². The fourth-order valence-electron chi connectivity index (χ4n) is 1.98. The molecule has 0 aliphatic carbocycles. The molecule has 0 aromatic carbocycles. The second-order valence-electron chi connectivity index (χ2n) is 3.60. The molecule has 0 radical (unpaired) electrons. The van der Waals surface area contributed by atoms with Crippen LogP contribution >= 0.6 is 11.8 Å². The molecule has 0 saturated carbocycles. The molecule has 78 valence electrons. The van der Waals surface area contributed by atoms with Gasteiger partial charge in [-0.2, -0.15) is 5.26 Å². The van der Waals surface area contributed by atoms with Crippen LogP contribution in [0.3, 0.4) is 0 Å². The molecule has 0 amide bonds. The van der Waals surface area contributed by atoms with E-state index in [-0.39, 0.29) is 0 Å². The fourth-order valence-corrected chi connectivity index (χ4v) is 3.05. The Hall–Kier alpha value is -1.73. The maximum absolute atomic E-state index is 9.07. The lowest BCUT2D eigenvalue weighted by Crippen LogP contribution is -1.96. The van der Waals surface area contributed by atoms with Crippen molar-refractivity contribution in [2.45, 2.75) is 11.6 Å². The summed E-state index contributed by atoms with van der Waals surface area (Å²) in [7, 11) is 0. The normalized spacial score (nSPS) is 13.4. The Morgan fingerprint density at radius 2 is 2.44 bits per heavy atom. The van der Waals surface area contributed by atoms with Gasteiger partial charge in [0.15, 0.2) is 0 Å². The van der Waals surface area contributed by atoms with E-state index in [1.807, 2.05) is 24.4 Å². The molecule has 0 saturated heterocycles. The van der Waals surface area contributed by atoms with Gasteiger partial charge in [-0.05, 0) is 18.2 Å². The van der Waals surface area contributed by atoms with Gasteiger partial charge in [-0.25, -0.2) is 0 Å². The number of rotatable bonds is 1. The third kappa shape index (κ3) is 1.33. The van der Waals surface area contributed by atoms with Crippen LogP contribution in [0, 0.1) is 11.3 Å². The van der Waals surface area contributed by atoms with Crippen molar-refractivity contribution in [1.29, 1.82) is 5.26 Å². The number of thioether (sulfide) groups is 1. The van der Waals surface area contributed by atoms with E-state index in [1.54, 1.807) is 18.0 Å². The molecule has 2 aromatic rings. The Labute approximate surface area is 97.7 Å².